The third-order valence-corrected chi connectivity index (χ3v) is 6.55. The molecule has 144 valence electrons. The van der Waals surface area contributed by atoms with Crippen molar-refractivity contribution in [2.75, 3.05) is 35.1 Å². The van der Waals surface area contributed by atoms with Crippen LogP contribution in [-0.2, 0) is 16.4 Å². The van der Waals surface area contributed by atoms with Crippen LogP contribution in [-0.4, -0.2) is 49.3 Å². The summed E-state index contributed by atoms with van der Waals surface area (Å²) in [4.78, 5) is 10.9. The Labute approximate surface area is 158 Å². The Morgan fingerprint density at radius 1 is 1.26 bits per heavy atom. The lowest BCUT2D eigenvalue weighted by molar-refractivity contribution is 0.174. The second-order valence-corrected chi connectivity index (χ2v) is 8.85. The van der Waals surface area contributed by atoms with E-state index in [0.29, 0.717) is 31.3 Å². The summed E-state index contributed by atoms with van der Waals surface area (Å²) >= 11 is 0. The number of sulfone groups is 1. The fraction of sp³-hybridized carbons (Fsp3) is 0.444. The Morgan fingerprint density at radius 2 is 2.11 bits per heavy atom. The first-order chi connectivity index (χ1) is 13.0. The van der Waals surface area contributed by atoms with Gasteiger partial charge in [-0.3, -0.25) is 0 Å². The number of fused-ring (bicyclic) bond motifs is 1. The molecule has 1 aromatic carbocycles. The molecule has 8 nitrogen and oxygen atoms in total. The molecule has 0 spiro atoms. The molecule has 4 rings (SSSR count). The predicted octanol–water partition coefficient (Wildman–Crippen LogP) is 1.83. The summed E-state index contributed by atoms with van der Waals surface area (Å²) in [5.74, 6) is 3.15. The van der Waals surface area contributed by atoms with Gasteiger partial charge >= 0.3 is 0 Å². The van der Waals surface area contributed by atoms with Gasteiger partial charge in [-0.2, -0.15) is 4.98 Å². The molecule has 0 bridgehead atoms. The lowest BCUT2D eigenvalue weighted by atomic mass is 10.2. The number of rotatable bonds is 6. The molecule has 0 radical (unpaired) electrons. The summed E-state index contributed by atoms with van der Waals surface area (Å²) in [5.41, 5.74) is 1.05. The van der Waals surface area contributed by atoms with Crippen molar-refractivity contribution in [2.45, 2.75) is 25.9 Å². The molecule has 2 aromatic rings. The van der Waals surface area contributed by atoms with Gasteiger partial charge in [-0.15, -0.1) is 0 Å². The van der Waals surface area contributed by atoms with E-state index in [1.165, 1.54) is 0 Å². The summed E-state index contributed by atoms with van der Waals surface area (Å²) in [6, 6.07) is 7.55. The monoisotopic (exact) mass is 390 g/mol. The standard InChI is InChI=1S/C18H22N4O4S/c1-2-22(14-6-8-27(23,24)11-14)18-19-7-5-17(21-18)20-10-13-3-4-15-16(9-13)26-12-25-15/h3-5,7,9,14H,2,6,8,10-12H2,1H3,(H,19,20,21). The number of anilines is 2. The molecule has 27 heavy (non-hydrogen) atoms. The maximum absolute atomic E-state index is 11.8. The van der Waals surface area contributed by atoms with Gasteiger partial charge in [0.25, 0.3) is 0 Å². The molecule has 9 heteroatoms. The second-order valence-electron chi connectivity index (χ2n) is 6.63. The molecule has 1 N–H and O–H groups in total. The lowest BCUT2D eigenvalue weighted by Crippen LogP contribution is -2.37. The number of nitrogens with zero attached hydrogens (tertiary/aromatic N) is 3. The van der Waals surface area contributed by atoms with Gasteiger partial charge in [0.2, 0.25) is 12.7 Å². The highest BCUT2D eigenvalue weighted by atomic mass is 32.2. The van der Waals surface area contributed by atoms with Crippen LogP contribution in [0.15, 0.2) is 30.5 Å². The van der Waals surface area contributed by atoms with Gasteiger partial charge in [0, 0.05) is 25.3 Å². The van der Waals surface area contributed by atoms with E-state index in [1.54, 1.807) is 12.3 Å². The molecule has 3 heterocycles. The molecule has 1 unspecified atom stereocenters. The van der Waals surface area contributed by atoms with Crippen LogP contribution in [0.3, 0.4) is 0 Å². The largest absolute Gasteiger partial charge is 0.454 e. The maximum atomic E-state index is 11.8. The van der Waals surface area contributed by atoms with Crippen molar-refractivity contribution in [3.8, 4) is 11.5 Å². The van der Waals surface area contributed by atoms with Gasteiger partial charge in [0.15, 0.2) is 21.3 Å². The average Bonchev–Trinajstić information content (AvgIpc) is 3.26. The Bertz CT molecular complexity index is 935. The van der Waals surface area contributed by atoms with Crippen molar-refractivity contribution in [3.63, 3.8) is 0 Å². The van der Waals surface area contributed by atoms with Crippen molar-refractivity contribution < 1.29 is 17.9 Å². The van der Waals surface area contributed by atoms with Crippen LogP contribution in [0.4, 0.5) is 11.8 Å². The third kappa shape index (κ3) is 3.92. The van der Waals surface area contributed by atoms with Gasteiger partial charge in [0.1, 0.15) is 5.82 Å². The summed E-state index contributed by atoms with van der Waals surface area (Å²) in [5, 5.41) is 3.29. The topological polar surface area (TPSA) is 93.7 Å². The van der Waals surface area contributed by atoms with Crippen LogP contribution in [0, 0.1) is 0 Å². The zero-order valence-corrected chi connectivity index (χ0v) is 15.9. The van der Waals surface area contributed by atoms with Gasteiger partial charge in [-0.1, -0.05) is 6.07 Å². The third-order valence-electron chi connectivity index (χ3n) is 4.80. The predicted molar refractivity (Wildman–Crippen MR) is 102 cm³/mol. The molecule has 1 fully saturated rings. The molecule has 0 aliphatic carbocycles. The fourth-order valence-corrected chi connectivity index (χ4v) is 5.14. The zero-order valence-electron chi connectivity index (χ0n) is 15.1. The highest BCUT2D eigenvalue weighted by molar-refractivity contribution is 7.91. The zero-order chi connectivity index (χ0) is 18.9. The number of hydrogen-bond acceptors (Lipinski definition) is 8. The molecule has 0 amide bonds. The van der Waals surface area contributed by atoms with Crippen LogP contribution < -0.4 is 19.7 Å². The number of ether oxygens (including phenoxy) is 2. The molecule has 0 saturated carbocycles. The number of hydrogen-bond donors (Lipinski definition) is 1. The molecular formula is C18H22N4O4S. The van der Waals surface area contributed by atoms with Gasteiger partial charge in [-0.05, 0) is 37.1 Å². The quantitative estimate of drug-likeness (QED) is 0.798. The van der Waals surface area contributed by atoms with E-state index in [0.717, 1.165) is 17.1 Å². The minimum Gasteiger partial charge on any atom is -0.454 e. The highest BCUT2D eigenvalue weighted by Gasteiger charge is 2.32. The first-order valence-corrected chi connectivity index (χ1v) is 10.8. The summed E-state index contributed by atoms with van der Waals surface area (Å²) in [7, 11) is -2.95. The van der Waals surface area contributed by atoms with Crippen molar-refractivity contribution in [3.05, 3.63) is 36.0 Å². The summed E-state index contributed by atoms with van der Waals surface area (Å²) in [6.07, 6.45) is 2.31. The molecule has 2 aliphatic rings. The van der Waals surface area contributed by atoms with Crippen LogP contribution >= 0.6 is 0 Å². The van der Waals surface area contributed by atoms with E-state index >= 15 is 0 Å². The molecule has 2 aliphatic heterocycles. The van der Waals surface area contributed by atoms with E-state index in [1.807, 2.05) is 30.0 Å². The number of nitrogens with one attached hydrogen (secondary N) is 1. The number of benzene rings is 1. The van der Waals surface area contributed by atoms with E-state index in [4.69, 9.17) is 9.47 Å². The van der Waals surface area contributed by atoms with Crippen molar-refractivity contribution in [1.82, 2.24) is 9.97 Å². The molecule has 1 atom stereocenters. The molecular weight excluding hydrogens is 368 g/mol. The summed E-state index contributed by atoms with van der Waals surface area (Å²) in [6.45, 7) is 3.48. The first kappa shape index (κ1) is 17.8. The van der Waals surface area contributed by atoms with Gasteiger partial charge in [-0.25, -0.2) is 13.4 Å². The fourth-order valence-electron chi connectivity index (χ4n) is 3.41. The average molecular weight is 390 g/mol. The smallest absolute Gasteiger partial charge is 0.231 e. The second kappa shape index (κ2) is 7.22. The summed E-state index contributed by atoms with van der Waals surface area (Å²) < 4.78 is 34.3. The normalized spacial score (nSPS) is 19.8. The van der Waals surface area contributed by atoms with E-state index in [2.05, 4.69) is 15.3 Å². The van der Waals surface area contributed by atoms with E-state index < -0.39 is 9.84 Å². The van der Waals surface area contributed by atoms with Crippen LogP contribution in [0.5, 0.6) is 11.5 Å². The van der Waals surface area contributed by atoms with E-state index in [9.17, 15) is 8.42 Å². The van der Waals surface area contributed by atoms with Gasteiger partial charge < -0.3 is 19.7 Å². The molecule has 1 saturated heterocycles. The Balaban J connectivity index is 1.45. The maximum Gasteiger partial charge on any atom is 0.231 e. The first-order valence-electron chi connectivity index (χ1n) is 8.96. The van der Waals surface area contributed by atoms with Crippen molar-refractivity contribution in [1.29, 1.82) is 0 Å². The SMILES string of the molecule is CCN(c1nccc(NCc2ccc3c(c2)OCO3)n1)C1CCS(=O)(=O)C1. The van der Waals surface area contributed by atoms with Crippen molar-refractivity contribution in [2.24, 2.45) is 0 Å². The van der Waals surface area contributed by atoms with Gasteiger partial charge in [0.05, 0.1) is 11.5 Å². The minimum atomic E-state index is -2.95. The minimum absolute atomic E-state index is 0.0656. The van der Waals surface area contributed by atoms with Crippen molar-refractivity contribution >= 4 is 21.6 Å². The molecule has 1 aromatic heterocycles. The van der Waals surface area contributed by atoms with Crippen LogP contribution in [0.2, 0.25) is 0 Å². The highest BCUT2D eigenvalue weighted by Crippen LogP contribution is 2.32. The number of aromatic nitrogens is 2. The lowest BCUT2D eigenvalue weighted by Gasteiger charge is -2.26. The van der Waals surface area contributed by atoms with Crippen LogP contribution in [0.1, 0.15) is 18.9 Å². The van der Waals surface area contributed by atoms with Crippen LogP contribution in [0.25, 0.3) is 0 Å². The Morgan fingerprint density at radius 3 is 2.89 bits per heavy atom. The Kier molecular flexibility index (Phi) is 4.77. The van der Waals surface area contributed by atoms with E-state index in [-0.39, 0.29) is 24.3 Å². The Hall–Kier alpha value is -2.55.